The summed E-state index contributed by atoms with van der Waals surface area (Å²) >= 11 is 0. The predicted molar refractivity (Wildman–Crippen MR) is 57.7 cm³/mol. The summed E-state index contributed by atoms with van der Waals surface area (Å²) in [5.74, 6) is 0.0946. The molecule has 1 aromatic rings. The van der Waals surface area contributed by atoms with Crippen molar-refractivity contribution < 1.29 is 9.53 Å². The molecule has 0 saturated heterocycles. The zero-order chi connectivity index (χ0) is 11.3. The van der Waals surface area contributed by atoms with Gasteiger partial charge in [0, 0.05) is 18.8 Å². The van der Waals surface area contributed by atoms with Crippen LogP contribution in [-0.4, -0.2) is 30.6 Å². The van der Waals surface area contributed by atoms with E-state index < -0.39 is 5.97 Å². The van der Waals surface area contributed by atoms with Gasteiger partial charge in [0.05, 0.1) is 7.11 Å². The topological polar surface area (TPSA) is 77.2 Å². The first-order valence-corrected chi connectivity index (χ1v) is 4.69. The third kappa shape index (κ3) is 2.92. The molecule has 1 atom stereocenters. The first-order valence-electron chi connectivity index (χ1n) is 4.69. The molecule has 0 radical (unpaired) electrons. The van der Waals surface area contributed by atoms with E-state index in [1.807, 2.05) is 6.92 Å². The Labute approximate surface area is 88.6 Å². The number of methoxy groups -OCH3 is 1. The highest BCUT2D eigenvalue weighted by molar-refractivity contribution is 5.94. The normalized spacial score (nSPS) is 11.9. The Morgan fingerprint density at radius 1 is 1.73 bits per heavy atom. The molecule has 1 unspecified atom stereocenters. The zero-order valence-electron chi connectivity index (χ0n) is 8.86. The summed E-state index contributed by atoms with van der Waals surface area (Å²) in [6.07, 6.45) is 1.61. The molecule has 3 N–H and O–H groups in total. The summed E-state index contributed by atoms with van der Waals surface area (Å²) in [4.78, 5) is 15.4. The lowest BCUT2D eigenvalue weighted by Gasteiger charge is -2.14. The Hall–Kier alpha value is -1.62. The molecule has 0 bridgehead atoms. The van der Waals surface area contributed by atoms with E-state index >= 15 is 0 Å². The number of ether oxygens (including phenoxy) is 1. The third-order valence-electron chi connectivity index (χ3n) is 1.95. The number of carbonyl (C=O) groups excluding carboxylic acids is 1. The van der Waals surface area contributed by atoms with E-state index in [0.29, 0.717) is 17.9 Å². The standard InChI is InChI=1S/C10H15N3O2/c1-7(6-11)13-9-8(10(14)15-2)4-3-5-12-9/h3-5,7H,6,11H2,1-2H3,(H,12,13). The maximum absolute atomic E-state index is 11.4. The quantitative estimate of drug-likeness (QED) is 0.711. The number of nitrogens with zero attached hydrogens (tertiary/aromatic N) is 1. The van der Waals surface area contributed by atoms with E-state index in [4.69, 9.17) is 5.73 Å². The van der Waals surface area contributed by atoms with Gasteiger partial charge in [-0.2, -0.15) is 0 Å². The molecule has 0 fully saturated rings. The largest absolute Gasteiger partial charge is 0.465 e. The second-order valence-electron chi connectivity index (χ2n) is 3.17. The summed E-state index contributed by atoms with van der Waals surface area (Å²) in [7, 11) is 1.34. The summed E-state index contributed by atoms with van der Waals surface area (Å²) in [6.45, 7) is 2.38. The lowest BCUT2D eigenvalue weighted by molar-refractivity contribution is 0.0601. The second kappa shape index (κ2) is 5.31. The molecule has 15 heavy (non-hydrogen) atoms. The highest BCUT2D eigenvalue weighted by atomic mass is 16.5. The molecule has 1 heterocycles. The molecule has 0 saturated carbocycles. The second-order valence-corrected chi connectivity index (χ2v) is 3.17. The molecule has 0 spiro atoms. The lowest BCUT2D eigenvalue weighted by Crippen LogP contribution is -2.26. The molecule has 5 heteroatoms. The minimum atomic E-state index is -0.408. The number of rotatable bonds is 4. The number of hydrogen-bond acceptors (Lipinski definition) is 5. The van der Waals surface area contributed by atoms with Crippen molar-refractivity contribution in [2.75, 3.05) is 19.0 Å². The fourth-order valence-corrected chi connectivity index (χ4v) is 1.09. The molecule has 5 nitrogen and oxygen atoms in total. The molecular formula is C10H15N3O2. The molecule has 0 aromatic carbocycles. The van der Waals surface area contributed by atoms with Gasteiger partial charge in [-0.3, -0.25) is 0 Å². The van der Waals surface area contributed by atoms with E-state index in [-0.39, 0.29) is 6.04 Å². The van der Waals surface area contributed by atoms with Gasteiger partial charge in [0.15, 0.2) is 0 Å². The van der Waals surface area contributed by atoms with Gasteiger partial charge in [-0.25, -0.2) is 9.78 Å². The van der Waals surface area contributed by atoms with Crippen LogP contribution in [0.15, 0.2) is 18.3 Å². The van der Waals surface area contributed by atoms with Crippen molar-refractivity contribution in [2.24, 2.45) is 5.73 Å². The maximum atomic E-state index is 11.4. The molecule has 82 valence electrons. The number of anilines is 1. The first kappa shape index (κ1) is 11.5. The number of esters is 1. The number of hydrogen-bond donors (Lipinski definition) is 2. The van der Waals surface area contributed by atoms with Crippen molar-refractivity contribution in [1.82, 2.24) is 4.98 Å². The molecule has 1 aromatic heterocycles. The smallest absolute Gasteiger partial charge is 0.341 e. The molecular weight excluding hydrogens is 194 g/mol. The van der Waals surface area contributed by atoms with Crippen LogP contribution in [0, 0.1) is 0 Å². The van der Waals surface area contributed by atoms with Crippen molar-refractivity contribution in [1.29, 1.82) is 0 Å². The predicted octanol–water partition coefficient (Wildman–Crippen LogP) is 0.627. The summed E-state index contributed by atoms with van der Waals surface area (Å²) in [5.41, 5.74) is 5.89. The molecule has 1 rings (SSSR count). The van der Waals surface area contributed by atoms with Gasteiger partial charge >= 0.3 is 5.97 Å². The van der Waals surface area contributed by atoms with Crippen LogP contribution in [0.5, 0.6) is 0 Å². The number of carbonyl (C=O) groups is 1. The van der Waals surface area contributed by atoms with Gasteiger partial charge in [0.2, 0.25) is 0 Å². The Morgan fingerprint density at radius 2 is 2.47 bits per heavy atom. The van der Waals surface area contributed by atoms with Gasteiger partial charge in [-0.1, -0.05) is 0 Å². The summed E-state index contributed by atoms with van der Waals surface area (Å²) in [5, 5.41) is 3.04. The monoisotopic (exact) mass is 209 g/mol. The van der Waals surface area contributed by atoms with Gasteiger partial charge < -0.3 is 15.8 Å². The fraction of sp³-hybridized carbons (Fsp3) is 0.400. The van der Waals surface area contributed by atoms with Crippen LogP contribution in [0.1, 0.15) is 17.3 Å². The highest BCUT2D eigenvalue weighted by Gasteiger charge is 2.13. The average Bonchev–Trinajstić information content (AvgIpc) is 2.28. The SMILES string of the molecule is COC(=O)c1cccnc1NC(C)CN. The van der Waals surface area contributed by atoms with Gasteiger partial charge in [0.1, 0.15) is 11.4 Å². The van der Waals surface area contributed by atoms with Crippen LogP contribution < -0.4 is 11.1 Å². The molecule has 0 aliphatic rings. The third-order valence-corrected chi connectivity index (χ3v) is 1.95. The Kier molecular flexibility index (Phi) is 4.05. The van der Waals surface area contributed by atoms with E-state index in [2.05, 4.69) is 15.0 Å². The van der Waals surface area contributed by atoms with Gasteiger partial charge in [-0.05, 0) is 19.1 Å². The average molecular weight is 209 g/mol. The minimum Gasteiger partial charge on any atom is -0.465 e. The van der Waals surface area contributed by atoms with Gasteiger partial charge in [-0.15, -0.1) is 0 Å². The maximum Gasteiger partial charge on any atom is 0.341 e. The minimum absolute atomic E-state index is 0.0586. The van der Waals surface area contributed by atoms with Crippen LogP contribution in [0.3, 0.4) is 0 Å². The van der Waals surface area contributed by atoms with Crippen molar-refractivity contribution in [2.45, 2.75) is 13.0 Å². The first-order chi connectivity index (χ1) is 7.19. The van der Waals surface area contributed by atoms with Crippen LogP contribution in [0.2, 0.25) is 0 Å². The zero-order valence-corrected chi connectivity index (χ0v) is 8.86. The Bertz CT molecular complexity index is 341. The van der Waals surface area contributed by atoms with Crippen molar-refractivity contribution in [3.05, 3.63) is 23.9 Å². The number of aromatic nitrogens is 1. The number of nitrogens with two attached hydrogens (primary N) is 1. The fourth-order valence-electron chi connectivity index (χ4n) is 1.09. The van der Waals surface area contributed by atoms with Crippen molar-refractivity contribution in [3.8, 4) is 0 Å². The molecule has 0 aliphatic heterocycles. The van der Waals surface area contributed by atoms with E-state index in [1.54, 1.807) is 18.3 Å². The van der Waals surface area contributed by atoms with E-state index in [1.165, 1.54) is 7.11 Å². The van der Waals surface area contributed by atoms with Crippen molar-refractivity contribution in [3.63, 3.8) is 0 Å². The summed E-state index contributed by atoms with van der Waals surface area (Å²) < 4.78 is 4.64. The Morgan fingerprint density at radius 3 is 3.07 bits per heavy atom. The van der Waals surface area contributed by atoms with E-state index in [0.717, 1.165) is 0 Å². The summed E-state index contributed by atoms with van der Waals surface area (Å²) in [6, 6.07) is 3.40. The molecule has 0 aliphatic carbocycles. The van der Waals surface area contributed by atoms with Crippen LogP contribution in [0.25, 0.3) is 0 Å². The van der Waals surface area contributed by atoms with E-state index in [9.17, 15) is 4.79 Å². The van der Waals surface area contributed by atoms with Crippen LogP contribution in [-0.2, 0) is 4.74 Å². The Balaban J connectivity index is 2.91. The van der Waals surface area contributed by atoms with Gasteiger partial charge in [0.25, 0.3) is 0 Å². The van der Waals surface area contributed by atoms with Crippen LogP contribution >= 0.6 is 0 Å². The highest BCUT2D eigenvalue weighted by Crippen LogP contribution is 2.13. The molecule has 0 amide bonds. The van der Waals surface area contributed by atoms with Crippen molar-refractivity contribution >= 4 is 11.8 Å². The lowest BCUT2D eigenvalue weighted by atomic mass is 10.2. The number of nitrogens with one attached hydrogen (secondary N) is 1. The van der Waals surface area contributed by atoms with Crippen LogP contribution in [0.4, 0.5) is 5.82 Å². The number of pyridine rings is 1.